The quantitative estimate of drug-likeness (QED) is 0.785. The van der Waals surface area contributed by atoms with Crippen molar-refractivity contribution in [3.63, 3.8) is 0 Å². The van der Waals surface area contributed by atoms with Gasteiger partial charge in [-0.3, -0.25) is 0 Å². The van der Waals surface area contributed by atoms with Crippen LogP contribution in [-0.2, 0) is 13.1 Å². The zero-order valence-corrected chi connectivity index (χ0v) is 11.8. The lowest BCUT2D eigenvalue weighted by atomic mass is 10.0. The maximum absolute atomic E-state index is 4.20. The fourth-order valence-electron chi connectivity index (χ4n) is 1.59. The molecule has 4 heteroatoms. The Morgan fingerprint density at radius 2 is 2.12 bits per heavy atom. The van der Waals surface area contributed by atoms with Gasteiger partial charge in [0, 0.05) is 31.4 Å². The first-order chi connectivity index (χ1) is 7.97. The summed E-state index contributed by atoms with van der Waals surface area (Å²) in [5.74, 6) is 0. The van der Waals surface area contributed by atoms with E-state index in [1.165, 1.54) is 5.69 Å². The van der Waals surface area contributed by atoms with Crippen LogP contribution in [0.4, 0.5) is 0 Å². The minimum absolute atomic E-state index is 0.176. The van der Waals surface area contributed by atoms with Crippen molar-refractivity contribution in [1.82, 2.24) is 19.8 Å². The van der Waals surface area contributed by atoms with Gasteiger partial charge < -0.3 is 14.8 Å². The molecule has 0 unspecified atom stereocenters. The highest BCUT2D eigenvalue weighted by molar-refractivity contribution is 4.98. The number of nitrogens with one attached hydrogen (secondary N) is 1. The van der Waals surface area contributed by atoms with E-state index in [1.54, 1.807) is 0 Å². The van der Waals surface area contributed by atoms with E-state index in [0.29, 0.717) is 0 Å². The predicted molar refractivity (Wildman–Crippen MR) is 72.0 cm³/mol. The Hall–Kier alpha value is -0.870. The van der Waals surface area contributed by atoms with Gasteiger partial charge in [-0.1, -0.05) is 6.92 Å². The Balaban J connectivity index is 2.43. The highest BCUT2D eigenvalue weighted by Gasteiger charge is 2.19. The second-order valence-electron chi connectivity index (χ2n) is 5.39. The van der Waals surface area contributed by atoms with Gasteiger partial charge in [0.15, 0.2) is 0 Å². The molecule has 1 N–H and O–H groups in total. The zero-order valence-electron chi connectivity index (χ0n) is 11.8. The summed E-state index contributed by atoms with van der Waals surface area (Å²) in [6.45, 7) is 9.57. The van der Waals surface area contributed by atoms with Gasteiger partial charge in [-0.2, -0.15) is 0 Å². The fourth-order valence-corrected chi connectivity index (χ4v) is 1.59. The number of nitrogens with zero attached hydrogens (tertiary/aromatic N) is 3. The molecule has 1 aromatic rings. The van der Waals surface area contributed by atoms with Crippen molar-refractivity contribution in [2.24, 2.45) is 0 Å². The molecule has 0 bridgehead atoms. The number of aryl methyl sites for hydroxylation is 1. The van der Waals surface area contributed by atoms with E-state index in [1.807, 2.05) is 12.5 Å². The number of aromatic nitrogens is 2. The van der Waals surface area contributed by atoms with Crippen LogP contribution in [0.3, 0.4) is 0 Å². The molecule has 4 nitrogen and oxygen atoms in total. The van der Waals surface area contributed by atoms with Gasteiger partial charge in [0.2, 0.25) is 0 Å². The lowest BCUT2D eigenvalue weighted by Crippen LogP contribution is -2.46. The molecule has 0 aromatic carbocycles. The van der Waals surface area contributed by atoms with Gasteiger partial charge in [-0.05, 0) is 34.4 Å². The van der Waals surface area contributed by atoms with Crippen LogP contribution in [0.2, 0.25) is 0 Å². The lowest BCUT2D eigenvalue weighted by molar-refractivity contribution is 0.189. The van der Waals surface area contributed by atoms with Crippen LogP contribution in [0.25, 0.3) is 0 Å². The monoisotopic (exact) mass is 238 g/mol. The second-order valence-corrected chi connectivity index (χ2v) is 5.39. The molecule has 0 saturated carbocycles. The molecular formula is C13H26N4. The van der Waals surface area contributed by atoms with Crippen LogP contribution in [0.15, 0.2) is 12.5 Å². The molecule has 0 aliphatic heterocycles. The molecule has 98 valence electrons. The minimum Gasteiger partial charge on any atom is -0.333 e. The van der Waals surface area contributed by atoms with E-state index in [2.05, 4.69) is 54.6 Å². The normalized spacial score (nSPS) is 12.4. The number of likely N-dealkylation sites (N-methyl/N-ethyl adjacent to an activating group) is 1. The van der Waals surface area contributed by atoms with Crippen LogP contribution in [0, 0.1) is 0 Å². The van der Waals surface area contributed by atoms with E-state index < -0.39 is 0 Å². The molecule has 1 heterocycles. The Morgan fingerprint density at radius 3 is 2.71 bits per heavy atom. The third-order valence-electron chi connectivity index (χ3n) is 3.34. The molecule has 0 radical (unpaired) electrons. The number of rotatable bonds is 7. The predicted octanol–water partition coefficient (Wildman–Crippen LogP) is 1.72. The van der Waals surface area contributed by atoms with Crippen LogP contribution >= 0.6 is 0 Å². The molecule has 0 amide bonds. The van der Waals surface area contributed by atoms with Gasteiger partial charge in [0.25, 0.3) is 0 Å². The molecule has 0 spiro atoms. The summed E-state index contributed by atoms with van der Waals surface area (Å²) < 4.78 is 2.22. The highest BCUT2D eigenvalue weighted by atomic mass is 15.2. The maximum Gasteiger partial charge on any atom is 0.0948 e. The first kappa shape index (κ1) is 14.2. The second kappa shape index (κ2) is 6.17. The summed E-state index contributed by atoms with van der Waals surface area (Å²) in [6, 6.07) is 0. The first-order valence-corrected chi connectivity index (χ1v) is 6.34. The molecule has 0 aliphatic carbocycles. The Bertz CT molecular complexity index is 328. The number of imidazole rings is 1. The van der Waals surface area contributed by atoms with Crippen molar-refractivity contribution >= 4 is 0 Å². The number of hydrogen-bond acceptors (Lipinski definition) is 3. The fraction of sp³-hybridized carbons (Fsp3) is 0.769. The lowest BCUT2D eigenvalue weighted by Gasteiger charge is -2.32. The van der Waals surface area contributed by atoms with Crippen molar-refractivity contribution < 1.29 is 0 Å². The van der Waals surface area contributed by atoms with Gasteiger partial charge in [0.05, 0.1) is 12.0 Å². The van der Waals surface area contributed by atoms with Gasteiger partial charge in [-0.25, -0.2) is 4.98 Å². The minimum atomic E-state index is 0.176. The third kappa shape index (κ3) is 4.13. The molecule has 17 heavy (non-hydrogen) atoms. The maximum atomic E-state index is 4.20. The molecular weight excluding hydrogens is 212 g/mol. The summed E-state index contributed by atoms with van der Waals surface area (Å²) >= 11 is 0. The Morgan fingerprint density at radius 1 is 1.41 bits per heavy atom. The van der Waals surface area contributed by atoms with Gasteiger partial charge in [-0.15, -0.1) is 0 Å². The average molecular weight is 238 g/mol. The molecule has 0 aliphatic rings. The zero-order chi connectivity index (χ0) is 12.9. The van der Waals surface area contributed by atoms with Crippen LogP contribution < -0.4 is 5.32 Å². The van der Waals surface area contributed by atoms with E-state index in [-0.39, 0.29) is 5.54 Å². The van der Waals surface area contributed by atoms with Crippen LogP contribution in [0.5, 0.6) is 0 Å². The summed E-state index contributed by atoms with van der Waals surface area (Å²) in [5.41, 5.74) is 1.44. The largest absolute Gasteiger partial charge is 0.333 e. The summed E-state index contributed by atoms with van der Waals surface area (Å²) in [7, 11) is 4.23. The topological polar surface area (TPSA) is 33.1 Å². The van der Waals surface area contributed by atoms with E-state index >= 15 is 0 Å². The summed E-state index contributed by atoms with van der Waals surface area (Å²) in [4.78, 5) is 6.44. The van der Waals surface area contributed by atoms with Crippen molar-refractivity contribution in [2.45, 2.75) is 45.8 Å². The SMILES string of the molecule is CCCn1cncc1CNCC(C)(C)N(C)C. The molecule has 0 fully saturated rings. The van der Waals surface area contributed by atoms with Crippen molar-refractivity contribution in [1.29, 1.82) is 0 Å². The van der Waals surface area contributed by atoms with E-state index in [0.717, 1.165) is 26.1 Å². The smallest absolute Gasteiger partial charge is 0.0948 e. The van der Waals surface area contributed by atoms with E-state index in [9.17, 15) is 0 Å². The molecule has 1 aromatic heterocycles. The first-order valence-electron chi connectivity index (χ1n) is 6.34. The Labute approximate surface area is 105 Å². The van der Waals surface area contributed by atoms with Crippen molar-refractivity contribution in [3.05, 3.63) is 18.2 Å². The summed E-state index contributed by atoms with van der Waals surface area (Å²) in [6.07, 6.45) is 5.01. The van der Waals surface area contributed by atoms with Crippen LogP contribution in [-0.4, -0.2) is 40.6 Å². The average Bonchev–Trinajstić information content (AvgIpc) is 2.66. The van der Waals surface area contributed by atoms with Gasteiger partial charge in [0.1, 0.15) is 0 Å². The number of hydrogen-bond donors (Lipinski definition) is 1. The van der Waals surface area contributed by atoms with Crippen LogP contribution in [0.1, 0.15) is 32.9 Å². The molecule has 0 saturated heterocycles. The third-order valence-corrected chi connectivity index (χ3v) is 3.34. The van der Waals surface area contributed by atoms with E-state index in [4.69, 9.17) is 0 Å². The van der Waals surface area contributed by atoms with Crippen molar-refractivity contribution in [2.75, 3.05) is 20.6 Å². The van der Waals surface area contributed by atoms with Crippen molar-refractivity contribution in [3.8, 4) is 0 Å². The molecule has 1 rings (SSSR count). The van der Waals surface area contributed by atoms with Gasteiger partial charge >= 0.3 is 0 Å². The standard InChI is InChI=1S/C13H26N4/c1-6-7-17-11-15-9-12(17)8-14-10-13(2,3)16(4)5/h9,11,14H,6-8,10H2,1-5H3. The Kier molecular flexibility index (Phi) is 5.15. The highest BCUT2D eigenvalue weighted by Crippen LogP contribution is 2.08. The summed E-state index contributed by atoms with van der Waals surface area (Å²) in [5, 5.41) is 3.51. The molecule has 0 atom stereocenters.